The van der Waals surface area contributed by atoms with Crippen LogP contribution in [-0.4, -0.2) is 83.6 Å². The van der Waals surface area contributed by atoms with Gasteiger partial charge in [-0.25, -0.2) is 0 Å². The van der Waals surface area contributed by atoms with Crippen LogP contribution in [0.3, 0.4) is 0 Å². The summed E-state index contributed by atoms with van der Waals surface area (Å²) in [5.41, 5.74) is 5.42. The van der Waals surface area contributed by atoms with Crippen molar-refractivity contribution in [3.05, 3.63) is 69.8 Å². The summed E-state index contributed by atoms with van der Waals surface area (Å²) in [6, 6.07) is 6.65. The van der Waals surface area contributed by atoms with Crippen LogP contribution < -0.4 is 9.47 Å². The highest BCUT2D eigenvalue weighted by atomic mass is 16.5. The van der Waals surface area contributed by atoms with Crippen molar-refractivity contribution in [1.29, 1.82) is 0 Å². The van der Waals surface area contributed by atoms with Crippen molar-refractivity contribution in [3.63, 3.8) is 0 Å². The van der Waals surface area contributed by atoms with Crippen LogP contribution in [0.4, 0.5) is 11.4 Å². The maximum atomic E-state index is 13.4. The molecule has 6 rings (SSSR count). The number of allylic oxidation sites excluding steroid dienone is 2. The van der Waals surface area contributed by atoms with Crippen LogP contribution in [0, 0.1) is 5.92 Å². The maximum absolute atomic E-state index is 13.4. The SMILES string of the molecule is C/C=C1\C[C@H]2C=Nc3cc(C(O)CC(C)CC(O)c4cc5c(cc4OC)C(=O)N4C/C(=C/C)C[C@H]4C=N5)c(OC)cc3C(=O)N2C1. The number of carbonyl (C=O) groups is 2. The minimum atomic E-state index is -0.919. The van der Waals surface area contributed by atoms with Crippen LogP contribution in [0.15, 0.2) is 57.5 Å². The van der Waals surface area contributed by atoms with Gasteiger partial charge in [0.15, 0.2) is 0 Å². The largest absolute Gasteiger partial charge is 0.496 e. The van der Waals surface area contributed by atoms with E-state index in [0.717, 1.165) is 12.8 Å². The Kier molecular flexibility index (Phi) is 8.85. The van der Waals surface area contributed by atoms with Crippen molar-refractivity contribution in [2.24, 2.45) is 15.9 Å². The number of nitrogens with zero attached hydrogens (tertiary/aromatic N) is 4. The van der Waals surface area contributed by atoms with E-state index in [2.05, 4.69) is 22.1 Å². The van der Waals surface area contributed by atoms with Gasteiger partial charge in [-0.05, 0) is 69.7 Å². The van der Waals surface area contributed by atoms with Gasteiger partial charge in [0.25, 0.3) is 11.8 Å². The summed E-state index contributed by atoms with van der Waals surface area (Å²) in [4.78, 5) is 39.8. The van der Waals surface area contributed by atoms with E-state index < -0.39 is 12.2 Å². The Labute approximate surface area is 269 Å². The van der Waals surface area contributed by atoms with Crippen molar-refractivity contribution >= 4 is 35.6 Å². The Bertz CT molecular complexity index is 1560. The quantitative estimate of drug-likeness (QED) is 0.366. The second-order valence-electron chi connectivity index (χ2n) is 12.7. The summed E-state index contributed by atoms with van der Waals surface area (Å²) in [7, 11) is 3.04. The van der Waals surface area contributed by atoms with Gasteiger partial charge in [-0.2, -0.15) is 0 Å². The van der Waals surface area contributed by atoms with Crippen LogP contribution in [0.1, 0.15) is 90.5 Å². The first-order valence-corrected chi connectivity index (χ1v) is 15.9. The highest BCUT2D eigenvalue weighted by Crippen LogP contribution is 2.42. The van der Waals surface area contributed by atoms with Gasteiger partial charge in [-0.1, -0.05) is 30.2 Å². The monoisotopic (exact) mass is 626 g/mol. The summed E-state index contributed by atoms with van der Waals surface area (Å²) in [5, 5.41) is 22.8. The average molecular weight is 627 g/mol. The van der Waals surface area contributed by atoms with Gasteiger partial charge in [0.05, 0.1) is 61.0 Å². The number of ether oxygens (including phenoxy) is 2. The lowest BCUT2D eigenvalue weighted by atomic mass is 9.89. The molecule has 0 aromatic heterocycles. The third-order valence-electron chi connectivity index (χ3n) is 9.73. The molecule has 4 aliphatic rings. The topological polar surface area (TPSA) is 124 Å². The molecule has 4 aliphatic heterocycles. The molecule has 0 saturated carbocycles. The molecule has 2 N–H and O–H groups in total. The molecular weight excluding hydrogens is 584 g/mol. The Morgan fingerprint density at radius 2 is 1.20 bits per heavy atom. The highest BCUT2D eigenvalue weighted by Gasteiger charge is 2.36. The zero-order chi connectivity index (χ0) is 32.7. The summed E-state index contributed by atoms with van der Waals surface area (Å²) >= 11 is 0. The molecule has 2 saturated heterocycles. The number of carbonyl (C=O) groups excluding carboxylic acids is 2. The number of aliphatic imine (C=N–C) groups is 2. The Morgan fingerprint density at radius 3 is 1.57 bits per heavy atom. The minimum Gasteiger partial charge on any atom is -0.496 e. The normalized spacial score (nSPS) is 23.9. The number of hydrogen-bond acceptors (Lipinski definition) is 8. The molecule has 0 bridgehead atoms. The van der Waals surface area contributed by atoms with Gasteiger partial charge in [0.2, 0.25) is 0 Å². The average Bonchev–Trinajstić information content (AvgIpc) is 3.62. The second-order valence-corrected chi connectivity index (χ2v) is 12.7. The fourth-order valence-electron chi connectivity index (χ4n) is 7.04. The van der Waals surface area contributed by atoms with E-state index in [9.17, 15) is 19.8 Å². The fraction of sp³-hybridized carbons (Fsp3) is 0.444. The highest BCUT2D eigenvalue weighted by molar-refractivity contribution is 6.04. The Balaban J connectivity index is 1.19. The fourth-order valence-corrected chi connectivity index (χ4v) is 7.04. The first kappa shape index (κ1) is 31.7. The predicted molar refractivity (Wildman–Crippen MR) is 177 cm³/mol. The van der Waals surface area contributed by atoms with Crippen molar-refractivity contribution in [2.75, 3.05) is 27.3 Å². The summed E-state index contributed by atoms with van der Waals surface area (Å²) in [6.07, 6.45) is 8.08. The summed E-state index contributed by atoms with van der Waals surface area (Å²) in [6.45, 7) is 7.08. The smallest absolute Gasteiger partial charge is 0.257 e. The number of fused-ring (bicyclic) bond motifs is 4. The van der Waals surface area contributed by atoms with Crippen LogP contribution >= 0.6 is 0 Å². The molecule has 2 aromatic carbocycles. The number of methoxy groups -OCH3 is 2. The van der Waals surface area contributed by atoms with Crippen molar-refractivity contribution in [3.8, 4) is 11.5 Å². The molecule has 242 valence electrons. The van der Waals surface area contributed by atoms with Gasteiger partial charge in [0.1, 0.15) is 11.5 Å². The number of hydrogen-bond donors (Lipinski definition) is 2. The predicted octanol–water partition coefficient (Wildman–Crippen LogP) is 5.64. The van der Waals surface area contributed by atoms with Crippen molar-refractivity contribution in [2.45, 2.75) is 70.7 Å². The molecule has 10 heteroatoms. The summed E-state index contributed by atoms with van der Waals surface area (Å²) in [5.74, 6) is 0.511. The summed E-state index contributed by atoms with van der Waals surface area (Å²) < 4.78 is 11.3. The van der Waals surface area contributed by atoms with Gasteiger partial charge < -0.3 is 29.5 Å². The lowest BCUT2D eigenvalue weighted by molar-refractivity contribution is 0.0769. The first-order valence-electron chi connectivity index (χ1n) is 15.9. The van der Waals surface area contributed by atoms with E-state index in [-0.39, 0.29) is 29.8 Å². The second kappa shape index (κ2) is 12.8. The minimum absolute atomic E-state index is 0.0936. The molecule has 2 fully saturated rings. The third-order valence-corrected chi connectivity index (χ3v) is 9.73. The first-order chi connectivity index (χ1) is 22.1. The van der Waals surface area contributed by atoms with Crippen LogP contribution in [0.5, 0.6) is 11.5 Å². The molecule has 2 amide bonds. The molecule has 0 radical (unpaired) electrons. The van der Waals surface area contributed by atoms with E-state index in [0.29, 0.717) is 71.1 Å². The molecule has 2 aromatic rings. The maximum Gasteiger partial charge on any atom is 0.257 e. The Morgan fingerprint density at radius 1 is 0.783 bits per heavy atom. The number of amides is 2. The van der Waals surface area contributed by atoms with Gasteiger partial charge in [0, 0.05) is 36.6 Å². The zero-order valence-electron chi connectivity index (χ0n) is 27.1. The molecule has 0 spiro atoms. The van der Waals surface area contributed by atoms with Gasteiger partial charge in [-0.3, -0.25) is 19.6 Å². The number of aliphatic hydroxyl groups excluding tert-OH is 2. The number of rotatable bonds is 8. The standard InChI is InChI=1S/C36H42N4O6/c1-6-21-10-23-16-37-29-12-27(33(45-4)14-25(29)35(43)39(23)18-21)31(41)8-20(3)9-32(42)28-13-30-26(15-34(28)46-5)36(44)40-19-22(7-2)11-24(40)17-38-30/h6-7,12-17,20,23-24,31-32,41-42H,8-11,18-19H2,1-5H3/b21-6+,22-7+/t20?,23-,24-,31?,32?/m0/s1. The van der Waals surface area contributed by atoms with E-state index in [1.54, 1.807) is 24.3 Å². The lowest BCUT2D eigenvalue weighted by Gasteiger charge is -2.24. The lowest BCUT2D eigenvalue weighted by Crippen LogP contribution is -2.35. The van der Waals surface area contributed by atoms with Crippen LogP contribution in [0.25, 0.3) is 0 Å². The molecule has 0 aliphatic carbocycles. The zero-order valence-corrected chi connectivity index (χ0v) is 27.1. The van der Waals surface area contributed by atoms with Gasteiger partial charge >= 0.3 is 0 Å². The molecular formula is C36H42N4O6. The molecule has 46 heavy (non-hydrogen) atoms. The van der Waals surface area contributed by atoms with Crippen LogP contribution in [0.2, 0.25) is 0 Å². The number of aliphatic hydroxyl groups is 2. The van der Waals surface area contributed by atoms with Crippen LogP contribution in [-0.2, 0) is 0 Å². The van der Waals surface area contributed by atoms with E-state index in [1.165, 1.54) is 25.4 Å². The van der Waals surface area contributed by atoms with Crippen molar-refractivity contribution < 1.29 is 29.3 Å². The van der Waals surface area contributed by atoms with E-state index in [4.69, 9.17) is 9.47 Å². The van der Waals surface area contributed by atoms with E-state index >= 15 is 0 Å². The Hall–Kier alpha value is -4.28. The molecule has 10 nitrogen and oxygen atoms in total. The third kappa shape index (κ3) is 5.76. The van der Waals surface area contributed by atoms with Crippen molar-refractivity contribution in [1.82, 2.24) is 9.80 Å². The van der Waals surface area contributed by atoms with Gasteiger partial charge in [-0.15, -0.1) is 0 Å². The van der Waals surface area contributed by atoms with E-state index in [1.807, 2.05) is 43.0 Å². The molecule has 4 atom stereocenters. The molecule has 4 heterocycles. The molecule has 2 unspecified atom stereocenters. The number of benzene rings is 2.